The summed E-state index contributed by atoms with van der Waals surface area (Å²) in [5.74, 6) is 2.24. The van der Waals surface area contributed by atoms with E-state index in [1.54, 1.807) is 25.4 Å². The average Bonchev–Trinajstić information content (AvgIpc) is 3.33. The number of aromatic nitrogens is 3. The van der Waals surface area contributed by atoms with Crippen molar-refractivity contribution in [2.45, 2.75) is 37.7 Å². The van der Waals surface area contributed by atoms with E-state index in [0.717, 1.165) is 44.3 Å². The van der Waals surface area contributed by atoms with E-state index in [1.807, 2.05) is 35.2 Å². The van der Waals surface area contributed by atoms with Crippen LogP contribution in [-0.2, 0) is 11.2 Å². The highest BCUT2D eigenvalue weighted by Crippen LogP contribution is 2.39. The Bertz CT molecular complexity index is 1080. The second-order valence-corrected chi connectivity index (χ2v) is 8.85. The standard InChI is InChI=1S/C25H28N4O4/c1-31-21-8-7-20(17-26-21)24(30)29-12-10-25(11-13-29)16-18(9-14-32-25)15-22-27-23(28-33-22)19-5-3-2-4-6-19/h2-8,17-18H,9-16H2,1H3. The molecule has 8 heteroatoms. The maximum absolute atomic E-state index is 12.9. The monoisotopic (exact) mass is 448 g/mol. The molecule has 2 fully saturated rings. The summed E-state index contributed by atoms with van der Waals surface area (Å²) < 4.78 is 16.9. The van der Waals surface area contributed by atoms with Crippen molar-refractivity contribution in [2.24, 2.45) is 5.92 Å². The van der Waals surface area contributed by atoms with Crippen molar-refractivity contribution in [1.82, 2.24) is 20.0 Å². The van der Waals surface area contributed by atoms with Crippen molar-refractivity contribution in [2.75, 3.05) is 26.8 Å². The van der Waals surface area contributed by atoms with Gasteiger partial charge in [-0.2, -0.15) is 4.98 Å². The number of hydrogen-bond donors (Lipinski definition) is 0. The van der Waals surface area contributed by atoms with Gasteiger partial charge < -0.3 is 18.9 Å². The molecule has 1 spiro atoms. The number of benzene rings is 1. The van der Waals surface area contributed by atoms with E-state index in [2.05, 4.69) is 15.1 Å². The summed E-state index contributed by atoms with van der Waals surface area (Å²) in [6, 6.07) is 13.3. The summed E-state index contributed by atoms with van der Waals surface area (Å²) in [5, 5.41) is 4.15. The van der Waals surface area contributed by atoms with E-state index in [-0.39, 0.29) is 11.5 Å². The van der Waals surface area contributed by atoms with Gasteiger partial charge in [0.25, 0.3) is 5.91 Å². The number of ether oxygens (including phenoxy) is 2. The van der Waals surface area contributed by atoms with Gasteiger partial charge in [0.05, 0.1) is 18.3 Å². The zero-order valence-corrected chi connectivity index (χ0v) is 18.8. The lowest BCUT2D eigenvalue weighted by Gasteiger charge is -2.46. The molecule has 0 N–H and O–H groups in total. The Balaban J connectivity index is 1.18. The van der Waals surface area contributed by atoms with Crippen LogP contribution < -0.4 is 4.74 Å². The molecular formula is C25H28N4O4. The summed E-state index contributed by atoms with van der Waals surface area (Å²) in [6.45, 7) is 2.08. The lowest BCUT2D eigenvalue weighted by Crippen LogP contribution is -2.51. The van der Waals surface area contributed by atoms with Crippen LogP contribution in [-0.4, -0.2) is 58.3 Å². The Labute approximate surface area is 192 Å². The van der Waals surface area contributed by atoms with E-state index < -0.39 is 0 Å². The van der Waals surface area contributed by atoms with Gasteiger partial charge in [-0.1, -0.05) is 35.5 Å². The van der Waals surface area contributed by atoms with Crippen molar-refractivity contribution in [1.29, 1.82) is 0 Å². The molecule has 0 bridgehead atoms. The van der Waals surface area contributed by atoms with Crippen molar-refractivity contribution >= 4 is 5.91 Å². The Kier molecular flexibility index (Phi) is 6.09. The van der Waals surface area contributed by atoms with E-state index in [4.69, 9.17) is 14.0 Å². The van der Waals surface area contributed by atoms with Crippen LogP contribution in [0.2, 0.25) is 0 Å². The molecule has 2 aromatic heterocycles. The van der Waals surface area contributed by atoms with Crippen molar-refractivity contribution in [3.8, 4) is 17.3 Å². The van der Waals surface area contributed by atoms with Crippen LogP contribution in [0.1, 0.15) is 41.9 Å². The van der Waals surface area contributed by atoms with Crippen LogP contribution >= 0.6 is 0 Å². The van der Waals surface area contributed by atoms with Gasteiger partial charge in [-0.05, 0) is 37.7 Å². The number of carbonyl (C=O) groups is 1. The molecule has 0 radical (unpaired) electrons. The zero-order chi connectivity index (χ0) is 22.7. The molecule has 1 amide bonds. The van der Waals surface area contributed by atoms with Crippen molar-refractivity contribution < 1.29 is 18.8 Å². The molecule has 172 valence electrons. The van der Waals surface area contributed by atoms with Gasteiger partial charge in [-0.25, -0.2) is 4.98 Å². The van der Waals surface area contributed by atoms with Gasteiger partial charge in [0.2, 0.25) is 17.6 Å². The molecule has 2 aliphatic rings. The van der Waals surface area contributed by atoms with E-state index >= 15 is 0 Å². The number of nitrogens with zero attached hydrogens (tertiary/aromatic N) is 4. The third-order valence-corrected chi connectivity index (χ3v) is 6.71. The average molecular weight is 449 g/mol. The highest BCUT2D eigenvalue weighted by Gasteiger charge is 2.41. The fourth-order valence-electron chi connectivity index (χ4n) is 4.87. The first kappa shape index (κ1) is 21.6. The third-order valence-electron chi connectivity index (χ3n) is 6.71. The maximum atomic E-state index is 12.9. The molecule has 3 aromatic rings. The van der Waals surface area contributed by atoms with Crippen molar-refractivity contribution in [3.63, 3.8) is 0 Å². The number of pyridine rings is 1. The molecule has 0 aliphatic carbocycles. The molecule has 1 aromatic carbocycles. The van der Waals surface area contributed by atoms with E-state index in [1.165, 1.54) is 0 Å². The van der Waals surface area contributed by atoms with Gasteiger partial charge in [-0.3, -0.25) is 4.79 Å². The van der Waals surface area contributed by atoms with E-state index in [9.17, 15) is 4.79 Å². The summed E-state index contributed by atoms with van der Waals surface area (Å²) in [7, 11) is 1.56. The Morgan fingerprint density at radius 2 is 2.00 bits per heavy atom. The Hall–Kier alpha value is -3.26. The minimum Gasteiger partial charge on any atom is -0.481 e. The third kappa shape index (κ3) is 4.75. The lowest BCUT2D eigenvalue weighted by molar-refractivity contribution is -0.124. The van der Waals surface area contributed by atoms with Crippen molar-refractivity contribution in [3.05, 3.63) is 60.1 Å². The van der Waals surface area contributed by atoms with Gasteiger partial charge >= 0.3 is 0 Å². The molecule has 2 saturated heterocycles. The van der Waals surface area contributed by atoms with Crippen LogP contribution in [0.5, 0.6) is 5.88 Å². The molecule has 2 aliphatic heterocycles. The lowest BCUT2D eigenvalue weighted by atomic mass is 9.78. The first-order valence-corrected chi connectivity index (χ1v) is 11.5. The highest BCUT2D eigenvalue weighted by atomic mass is 16.5. The quantitative estimate of drug-likeness (QED) is 0.587. The summed E-state index contributed by atoms with van der Waals surface area (Å²) in [5.41, 5.74) is 1.36. The summed E-state index contributed by atoms with van der Waals surface area (Å²) in [4.78, 5) is 23.5. The molecule has 1 unspecified atom stereocenters. The number of likely N-dealkylation sites (tertiary alicyclic amines) is 1. The number of methoxy groups -OCH3 is 1. The van der Waals surface area contributed by atoms with Crippen LogP contribution in [0.3, 0.4) is 0 Å². The fourth-order valence-corrected chi connectivity index (χ4v) is 4.87. The first-order chi connectivity index (χ1) is 16.1. The topological polar surface area (TPSA) is 90.6 Å². The second-order valence-electron chi connectivity index (χ2n) is 8.85. The summed E-state index contributed by atoms with van der Waals surface area (Å²) in [6.07, 6.45) is 5.92. The SMILES string of the molecule is COc1ccc(C(=O)N2CCC3(CC2)CC(Cc2nc(-c4ccccc4)no2)CCO3)cn1. The fraction of sp³-hybridized carbons (Fsp3) is 0.440. The Morgan fingerprint density at radius 3 is 2.73 bits per heavy atom. The number of piperidine rings is 1. The van der Waals surface area contributed by atoms with Crippen LogP contribution in [0.15, 0.2) is 53.2 Å². The minimum absolute atomic E-state index is 0.00617. The van der Waals surface area contributed by atoms with Gasteiger partial charge in [0.1, 0.15) is 0 Å². The molecule has 5 rings (SSSR count). The number of carbonyl (C=O) groups excluding carboxylic acids is 1. The second kappa shape index (κ2) is 9.31. The molecule has 33 heavy (non-hydrogen) atoms. The summed E-state index contributed by atoms with van der Waals surface area (Å²) >= 11 is 0. The number of rotatable bonds is 5. The molecule has 8 nitrogen and oxygen atoms in total. The molecule has 0 saturated carbocycles. The zero-order valence-electron chi connectivity index (χ0n) is 18.8. The first-order valence-electron chi connectivity index (χ1n) is 11.5. The van der Waals surface area contributed by atoms with Gasteiger partial charge in [0.15, 0.2) is 0 Å². The largest absolute Gasteiger partial charge is 0.481 e. The van der Waals surface area contributed by atoms with Crippen LogP contribution in [0, 0.1) is 5.92 Å². The van der Waals surface area contributed by atoms with Gasteiger partial charge in [-0.15, -0.1) is 0 Å². The Morgan fingerprint density at radius 1 is 1.18 bits per heavy atom. The minimum atomic E-state index is -0.180. The predicted octanol–water partition coefficient (Wildman–Crippen LogP) is 3.78. The van der Waals surface area contributed by atoms with E-state index in [0.29, 0.717) is 42.2 Å². The predicted molar refractivity (Wildman–Crippen MR) is 121 cm³/mol. The molecular weight excluding hydrogens is 420 g/mol. The van der Waals surface area contributed by atoms with Gasteiger partial charge in [0, 0.05) is 43.9 Å². The van der Waals surface area contributed by atoms with Crippen LogP contribution in [0.25, 0.3) is 11.4 Å². The number of hydrogen-bond acceptors (Lipinski definition) is 7. The highest BCUT2D eigenvalue weighted by molar-refractivity contribution is 5.94. The smallest absolute Gasteiger partial charge is 0.255 e. The van der Waals surface area contributed by atoms with Crippen LogP contribution in [0.4, 0.5) is 0 Å². The molecule has 4 heterocycles. The normalized spacial score (nSPS) is 20.0. The molecule has 1 atom stereocenters. The number of amides is 1. The maximum Gasteiger partial charge on any atom is 0.255 e.